The van der Waals surface area contributed by atoms with Gasteiger partial charge >= 0.3 is 5.97 Å². The van der Waals surface area contributed by atoms with Gasteiger partial charge in [-0.2, -0.15) is 0 Å². The largest absolute Gasteiger partial charge is 0.480 e. The number of methoxy groups -OCH3 is 1. The van der Waals surface area contributed by atoms with Crippen molar-refractivity contribution < 1.29 is 19.4 Å². The summed E-state index contributed by atoms with van der Waals surface area (Å²) in [7, 11) is 1.51. The van der Waals surface area contributed by atoms with E-state index in [4.69, 9.17) is 9.84 Å². The minimum atomic E-state index is -0.989. The van der Waals surface area contributed by atoms with Crippen LogP contribution < -0.4 is 5.32 Å². The first-order valence-corrected chi connectivity index (χ1v) is 6.19. The lowest BCUT2D eigenvalue weighted by molar-refractivity contribution is -0.143. The topological polar surface area (TPSA) is 75.6 Å². The van der Waals surface area contributed by atoms with Crippen LogP contribution in [0.25, 0.3) is 0 Å². The third-order valence-corrected chi connectivity index (χ3v) is 2.66. The zero-order valence-corrected chi connectivity index (χ0v) is 11.9. The highest BCUT2D eigenvalue weighted by Gasteiger charge is 2.24. The number of carboxylic acids is 1. The molecule has 0 spiro atoms. The Balaban J connectivity index is 4.36. The number of rotatable bonds is 7. The number of carbonyl (C=O) groups is 2. The van der Waals surface area contributed by atoms with Gasteiger partial charge in [-0.25, -0.2) is 4.79 Å². The SMILES string of the molecule is COCC(C)C(=O)NC(CCC(C)(C)C)C(=O)O. The molecule has 0 rings (SSSR count). The number of hydrogen-bond donors (Lipinski definition) is 2. The molecule has 0 aromatic rings. The second-order valence-corrected chi connectivity index (χ2v) is 5.86. The van der Waals surface area contributed by atoms with E-state index in [1.165, 1.54) is 7.11 Å². The monoisotopic (exact) mass is 259 g/mol. The van der Waals surface area contributed by atoms with Gasteiger partial charge in [0.1, 0.15) is 6.04 Å². The molecule has 0 heterocycles. The number of ether oxygens (including phenoxy) is 1. The fourth-order valence-corrected chi connectivity index (χ4v) is 1.47. The Morgan fingerprint density at radius 1 is 1.33 bits per heavy atom. The van der Waals surface area contributed by atoms with E-state index in [9.17, 15) is 9.59 Å². The molecule has 5 heteroatoms. The van der Waals surface area contributed by atoms with E-state index in [0.29, 0.717) is 6.42 Å². The fourth-order valence-electron chi connectivity index (χ4n) is 1.47. The number of nitrogens with one attached hydrogen (secondary N) is 1. The lowest BCUT2D eigenvalue weighted by Crippen LogP contribution is -2.44. The summed E-state index contributed by atoms with van der Waals surface area (Å²) in [6, 6.07) is -0.823. The van der Waals surface area contributed by atoms with E-state index in [1.807, 2.05) is 20.8 Å². The molecule has 0 saturated heterocycles. The van der Waals surface area contributed by atoms with Gasteiger partial charge in [0.15, 0.2) is 0 Å². The van der Waals surface area contributed by atoms with Crippen LogP contribution in [-0.4, -0.2) is 36.7 Å². The molecule has 2 unspecified atom stereocenters. The third-order valence-electron chi connectivity index (χ3n) is 2.66. The van der Waals surface area contributed by atoms with Gasteiger partial charge in [-0.3, -0.25) is 4.79 Å². The average molecular weight is 259 g/mol. The minimum Gasteiger partial charge on any atom is -0.480 e. The summed E-state index contributed by atoms with van der Waals surface area (Å²) < 4.78 is 4.87. The first-order chi connectivity index (χ1) is 8.17. The molecular formula is C13H25NO4. The van der Waals surface area contributed by atoms with Crippen molar-refractivity contribution >= 4 is 11.9 Å². The average Bonchev–Trinajstić information content (AvgIpc) is 2.22. The van der Waals surface area contributed by atoms with Crippen molar-refractivity contribution in [2.45, 2.75) is 46.6 Å². The molecule has 0 saturated carbocycles. The Kier molecular flexibility index (Phi) is 6.91. The molecule has 0 aromatic heterocycles. The van der Waals surface area contributed by atoms with E-state index in [0.717, 1.165) is 6.42 Å². The molecule has 0 aromatic carbocycles. The molecule has 0 aliphatic rings. The zero-order chi connectivity index (χ0) is 14.3. The molecule has 0 aliphatic carbocycles. The normalized spacial score (nSPS) is 14.9. The van der Waals surface area contributed by atoms with Gasteiger partial charge in [0.25, 0.3) is 0 Å². The van der Waals surface area contributed by atoms with Crippen LogP contribution in [-0.2, 0) is 14.3 Å². The molecule has 0 aliphatic heterocycles. The van der Waals surface area contributed by atoms with Gasteiger partial charge in [-0.15, -0.1) is 0 Å². The summed E-state index contributed by atoms with van der Waals surface area (Å²) in [6.07, 6.45) is 1.17. The highest BCUT2D eigenvalue weighted by Crippen LogP contribution is 2.21. The number of carboxylic acid groups (broad SMARTS) is 1. The van der Waals surface area contributed by atoms with Gasteiger partial charge in [0.2, 0.25) is 5.91 Å². The first kappa shape index (κ1) is 16.9. The molecule has 5 nitrogen and oxygen atoms in total. The van der Waals surface area contributed by atoms with Crippen molar-refractivity contribution in [3.8, 4) is 0 Å². The lowest BCUT2D eigenvalue weighted by Gasteiger charge is -2.22. The van der Waals surface area contributed by atoms with Gasteiger partial charge in [0.05, 0.1) is 12.5 Å². The predicted octanol–water partition coefficient (Wildman–Crippen LogP) is 1.66. The summed E-state index contributed by atoms with van der Waals surface area (Å²) in [5, 5.41) is 11.6. The van der Waals surface area contributed by atoms with Crippen LogP contribution >= 0.6 is 0 Å². The van der Waals surface area contributed by atoms with Crippen LogP contribution in [0, 0.1) is 11.3 Å². The van der Waals surface area contributed by atoms with E-state index in [1.54, 1.807) is 6.92 Å². The van der Waals surface area contributed by atoms with Gasteiger partial charge in [0, 0.05) is 7.11 Å². The van der Waals surface area contributed by atoms with E-state index >= 15 is 0 Å². The smallest absolute Gasteiger partial charge is 0.326 e. The number of hydrogen-bond acceptors (Lipinski definition) is 3. The van der Waals surface area contributed by atoms with Gasteiger partial charge in [-0.05, 0) is 18.3 Å². The predicted molar refractivity (Wildman–Crippen MR) is 69.3 cm³/mol. The number of amides is 1. The lowest BCUT2D eigenvalue weighted by atomic mass is 9.88. The van der Waals surface area contributed by atoms with E-state index in [-0.39, 0.29) is 23.8 Å². The molecule has 0 fully saturated rings. The van der Waals surface area contributed by atoms with Gasteiger partial charge in [-0.1, -0.05) is 27.7 Å². The quantitative estimate of drug-likeness (QED) is 0.729. The second kappa shape index (κ2) is 7.36. The van der Waals surface area contributed by atoms with Crippen LogP contribution in [0.3, 0.4) is 0 Å². The first-order valence-electron chi connectivity index (χ1n) is 6.19. The zero-order valence-electron chi connectivity index (χ0n) is 11.9. The second-order valence-electron chi connectivity index (χ2n) is 5.86. The highest BCUT2D eigenvalue weighted by atomic mass is 16.5. The van der Waals surface area contributed by atoms with Crippen molar-refractivity contribution in [3.63, 3.8) is 0 Å². The molecule has 1 amide bonds. The summed E-state index contributed by atoms with van der Waals surface area (Å²) in [4.78, 5) is 22.8. The molecule has 2 atom stereocenters. The van der Waals surface area contributed by atoms with Crippen molar-refractivity contribution in [3.05, 3.63) is 0 Å². The number of aliphatic carboxylic acids is 1. The summed E-state index contributed by atoms with van der Waals surface area (Å²) >= 11 is 0. The molecule has 18 heavy (non-hydrogen) atoms. The Labute approximate surface area is 109 Å². The van der Waals surface area contributed by atoms with Crippen molar-refractivity contribution in [2.24, 2.45) is 11.3 Å². The molecule has 0 bridgehead atoms. The van der Waals surface area contributed by atoms with Crippen molar-refractivity contribution in [2.75, 3.05) is 13.7 Å². The summed E-state index contributed by atoms with van der Waals surface area (Å²) in [5.41, 5.74) is 0.0522. The Morgan fingerprint density at radius 3 is 2.28 bits per heavy atom. The fraction of sp³-hybridized carbons (Fsp3) is 0.846. The highest BCUT2D eigenvalue weighted by molar-refractivity contribution is 5.84. The van der Waals surface area contributed by atoms with Crippen LogP contribution in [0.4, 0.5) is 0 Å². The molecule has 2 N–H and O–H groups in total. The van der Waals surface area contributed by atoms with Gasteiger partial charge < -0.3 is 15.2 Å². The van der Waals surface area contributed by atoms with Crippen LogP contribution in [0.5, 0.6) is 0 Å². The molecule has 106 valence electrons. The van der Waals surface area contributed by atoms with E-state index in [2.05, 4.69) is 5.32 Å². The molecular weight excluding hydrogens is 234 g/mol. The standard InChI is InChI=1S/C13H25NO4/c1-9(8-18-5)11(15)14-10(12(16)17)6-7-13(2,3)4/h9-10H,6-8H2,1-5H3,(H,14,15)(H,16,17). The molecule has 0 radical (unpaired) electrons. The maximum absolute atomic E-state index is 11.7. The van der Waals surface area contributed by atoms with Crippen molar-refractivity contribution in [1.29, 1.82) is 0 Å². The third kappa shape index (κ3) is 7.27. The van der Waals surface area contributed by atoms with Crippen LogP contribution in [0.15, 0.2) is 0 Å². The maximum Gasteiger partial charge on any atom is 0.326 e. The minimum absolute atomic E-state index is 0.0522. The summed E-state index contributed by atoms with van der Waals surface area (Å²) in [6.45, 7) is 8.13. The summed E-state index contributed by atoms with van der Waals surface area (Å²) in [5.74, 6) is -1.61. The van der Waals surface area contributed by atoms with Crippen molar-refractivity contribution in [1.82, 2.24) is 5.32 Å². The Hall–Kier alpha value is -1.10. The number of carbonyl (C=O) groups excluding carboxylic acids is 1. The van der Waals surface area contributed by atoms with Crippen LogP contribution in [0.1, 0.15) is 40.5 Å². The van der Waals surface area contributed by atoms with Crippen LogP contribution in [0.2, 0.25) is 0 Å². The maximum atomic E-state index is 11.7. The Bertz CT molecular complexity index is 283. The van der Waals surface area contributed by atoms with E-state index < -0.39 is 12.0 Å². The Morgan fingerprint density at radius 2 is 1.89 bits per heavy atom.